The standard InChI is InChI=1S/C15H22F3NO/c1-4-9-19-14(10-11(2)20-3)12-5-7-13(8-6-12)15(16,17)18/h5-8,11,14,19H,4,9-10H2,1-3H3. The summed E-state index contributed by atoms with van der Waals surface area (Å²) < 4.78 is 42.9. The van der Waals surface area contributed by atoms with Crippen LogP contribution in [0.1, 0.15) is 43.9 Å². The van der Waals surface area contributed by atoms with E-state index in [1.165, 1.54) is 0 Å². The van der Waals surface area contributed by atoms with E-state index in [1.54, 1.807) is 19.2 Å². The smallest absolute Gasteiger partial charge is 0.382 e. The Hall–Kier alpha value is -1.07. The third kappa shape index (κ3) is 5.13. The Kier molecular flexibility index (Phi) is 6.49. The normalized spacial score (nSPS) is 15.1. The van der Waals surface area contributed by atoms with Crippen molar-refractivity contribution in [2.75, 3.05) is 13.7 Å². The van der Waals surface area contributed by atoms with Crippen LogP contribution in [0, 0.1) is 0 Å². The number of hydrogen-bond acceptors (Lipinski definition) is 2. The van der Waals surface area contributed by atoms with E-state index >= 15 is 0 Å². The van der Waals surface area contributed by atoms with Gasteiger partial charge in [0.1, 0.15) is 0 Å². The summed E-state index contributed by atoms with van der Waals surface area (Å²) in [5.74, 6) is 0. The first-order chi connectivity index (χ1) is 9.38. The molecule has 1 aromatic carbocycles. The first-order valence-corrected chi connectivity index (χ1v) is 6.81. The Morgan fingerprint density at radius 2 is 1.80 bits per heavy atom. The fourth-order valence-electron chi connectivity index (χ4n) is 1.99. The number of rotatable bonds is 7. The van der Waals surface area contributed by atoms with Crippen molar-refractivity contribution in [3.63, 3.8) is 0 Å². The topological polar surface area (TPSA) is 21.3 Å². The molecule has 5 heteroatoms. The lowest BCUT2D eigenvalue weighted by molar-refractivity contribution is -0.137. The molecule has 0 saturated carbocycles. The molecule has 0 aromatic heterocycles. The summed E-state index contributed by atoms with van der Waals surface area (Å²) in [7, 11) is 1.63. The predicted octanol–water partition coefficient (Wildman–Crippen LogP) is 4.17. The Labute approximate surface area is 118 Å². The van der Waals surface area contributed by atoms with Crippen LogP contribution in [0.5, 0.6) is 0 Å². The van der Waals surface area contributed by atoms with Gasteiger partial charge in [0, 0.05) is 13.2 Å². The second-order valence-electron chi connectivity index (χ2n) is 4.91. The van der Waals surface area contributed by atoms with E-state index in [1.807, 2.05) is 6.92 Å². The molecule has 2 unspecified atom stereocenters. The number of nitrogens with one attached hydrogen (secondary N) is 1. The lowest BCUT2D eigenvalue weighted by Crippen LogP contribution is -2.26. The molecule has 2 nitrogen and oxygen atoms in total. The highest BCUT2D eigenvalue weighted by atomic mass is 19.4. The highest BCUT2D eigenvalue weighted by Gasteiger charge is 2.30. The highest BCUT2D eigenvalue weighted by Crippen LogP contribution is 2.30. The Balaban J connectivity index is 2.84. The van der Waals surface area contributed by atoms with Gasteiger partial charge in [-0.1, -0.05) is 19.1 Å². The van der Waals surface area contributed by atoms with Crippen molar-refractivity contribution in [3.05, 3.63) is 35.4 Å². The summed E-state index contributed by atoms with van der Waals surface area (Å²) in [6.45, 7) is 4.82. The van der Waals surface area contributed by atoms with Gasteiger partial charge in [-0.15, -0.1) is 0 Å². The van der Waals surface area contributed by atoms with Crippen LogP contribution >= 0.6 is 0 Å². The lowest BCUT2D eigenvalue weighted by atomic mass is 9.99. The molecular formula is C15H22F3NO. The minimum atomic E-state index is -4.29. The zero-order valence-electron chi connectivity index (χ0n) is 12.1. The van der Waals surface area contributed by atoms with E-state index in [0.29, 0.717) is 0 Å². The molecule has 0 spiro atoms. The van der Waals surface area contributed by atoms with Crippen LogP contribution in [-0.4, -0.2) is 19.8 Å². The predicted molar refractivity (Wildman–Crippen MR) is 73.6 cm³/mol. The lowest BCUT2D eigenvalue weighted by Gasteiger charge is -2.22. The third-order valence-corrected chi connectivity index (χ3v) is 3.25. The first kappa shape index (κ1) is 17.0. The van der Waals surface area contributed by atoms with Crippen LogP contribution in [0.3, 0.4) is 0 Å². The van der Waals surface area contributed by atoms with E-state index in [-0.39, 0.29) is 12.1 Å². The van der Waals surface area contributed by atoms with Crippen molar-refractivity contribution in [3.8, 4) is 0 Å². The summed E-state index contributed by atoms with van der Waals surface area (Å²) in [6, 6.07) is 5.35. The van der Waals surface area contributed by atoms with Gasteiger partial charge in [-0.05, 0) is 44.0 Å². The molecule has 1 N–H and O–H groups in total. The highest BCUT2D eigenvalue weighted by molar-refractivity contribution is 5.27. The van der Waals surface area contributed by atoms with Crippen LogP contribution in [0.4, 0.5) is 13.2 Å². The van der Waals surface area contributed by atoms with Gasteiger partial charge in [-0.25, -0.2) is 0 Å². The van der Waals surface area contributed by atoms with Crippen molar-refractivity contribution < 1.29 is 17.9 Å². The van der Waals surface area contributed by atoms with Crippen molar-refractivity contribution >= 4 is 0 Å². The van der Waals surface area contributed by atoms with Crippen molar-refractivity contribution in [1.29, 1.82) is 0 Å². The molecule has 114 valence electrons. The second-order valence-corrected chi connectivity index (χ2v) is 4.91. The summed E-state index contributed by atoms with van der Waals surface area (Å²) >= 11 is 0. The van der Waals surface area contributed by atoms with E-state index < -0.39 is 11.7 Å². The van der Waals surface area contributed by atoms with Crippen molar-refractivity contribution in [1.82, 2.24) is 5.32 Å². The van der Waals surface area contributed by atoms with Gasteiger partial charge in [-0.2, -0.15) is 13.2 Å². The molecular weight excluding hydrogens is 267 g/mol. The van der Waals surface area contributed by atoms with Gasteiger partial charge in [0.15, 0.2) is 0 Å². The molecule has 1 aromatic rings. The summed E-state index contributed by atoms with van der Waals surface area (Å²) in [6.07, 6.45) is -2.54. The fourth-order valence-corrected chi connectivity index (χ4v) is 1.99. The van der Waals surface area contributed by atoms with Crippen molar-refractivity contribution in [2.24, 2.45) is 0 Å². The maximum absolute atomic E-state index is 12.6. The average Bonchev–Trinajstić information content (AvgIpc) is 2.42. The SMILES string of the molecule is CCCNC(CC(C)OC)c1ccc(C(F)(F)F)cc1. The minimum Gasteiger partial charge on any atom is -0.382 e. The van der Waals surface area contributed by atoms with Crippen LogP contribution in [0.25, 0.3) is 0 Å². The Morgan fingerprint density at radius 3 is 2.25 bits per heavy atom. The van der Waals surface area contributed by atoms with E-state index in [0.717, 1.165) is 37.1 Å². The summed E-state index contributed by atoms with van der Waals surface area (Å²) in [5.41, 5.74) is 0.241. The number of ether oxygens (including phenoxy) is 1. The summed E-state index contributed by atoms with van der Waals surface area (Å²) in [4.78, 5) is 0. The van der Waals surface area contributed by atoms with Crippen LogP contribution in [-0.2, 0) is 10.9 Å². The van der Waals surface area contributed by atoms with Gasteiger partial charge in [0.2, 0.25) is 0 Å². The Bertz CT molecular complexity index is 389. The molecule has 0 bridgehead atoms. The minimum absolute atomic E-state index is 0.00665. The van der Waals surface area contributed by atoms with Gasteiger partial charge >= 0.3 is 6.18 Å². The van der Waals surface area contributed by atoms with Crippen LogP contribution < -0.4 is 5.32 Å². The van der Waals surface area contributed by atoms with Gasteiger partial charge in [0.05, 0.1) is 11.7 Å². The second kappa shape index (κ2) is 7.64. The van der Waals surface area contributed by atoms with Crippen molar-refractivity contribution in [2.45, 2.75) is 45.0 Å². The monoisotopic (exact) mass is 289 g/mol. The number of benzene rings is 1. The van der Waals surface area contributed by atoms with E-state index in [4.69, 9.17) is 4.74 Å². The number of hydrogen-bond donors (Lipinski definition) is 1. The molecule has 0 heterocycles. The summed E-state index contributed by atoms with van der Waals surface area (Å²) in [5, 5.41) is 3.35. The maximum atomic E-state index is 12.6. The molecule has 0 amide bonds. The molecule has 0 aliphatic rings. The van der Waals surface area contributed by atoms with E-state index in [9.17, 15) is 13.2 Å². The number of alkyl halides is 3. The molecule has 20 heavy (non-hydrogen) atoms. The van der Waals surface area contributed by atoms with E-state index in [2.05, 4.69) is 12.2 Å². The molecule has 0 saturated heterocycles. The molecule has 2 atom stereocenters. The zero-order valence-corrected chi connectivity index (χ0v) is 12.1. The largest absolute Gasteiger partial charge is 0.416 e. The van der Waals surface area contributed by atoms with Crippen LogP contribution in [0.15, 0.2) is 24.3 Å². The van der Waals surface area contributed by atoms with Gasteiger partial charge < -0.3 is 10.1 Å². The van der Waals surface area contributed by atoms with Gasteiger partial charge in [0.25, 0.3) is 0 Å². The molecule has 0 radical (unpaired) electrons. The Morgan fingerprint density at radius 1 is 1.20 bits per heavy atom. The average molecular weight is 289 g/mol. The van der Waals surface area contributed by atoms with Crippen LogP contribution in [0.2, 0.25) is 0 Å². The number of methoxy groups -OCH3 is 1. The first-order valence-electron chi connectivity index (χ1n) is 6.81. The number of halogens is 3. The molecule has 0 aliphatic carbocycles. The molecule has 0 aliphatic heterocycles. The molecule has 0 fully saturated rings. The molecule has 1 rings (SSSR count). The quantitative estimate of drug-likeness (QED) is 0.813. The zero-order chi connectivity index (χ0) is 15.2. The third-order valence-electron chi connectivity index (χ3n) is 3.25. The van der Waals surface area contributed by atoms with Gasteiger partial charge in [-0.3, -0.25) is 0 Å². The fraction of sp³-hybridized carbons (Fsp3) is 0.600. The maximum Gasteiger partial charge on any atom is 0.416 e.